The highest BCUT2D eigenvalue weighted by Gasteiger charge is 2.30. The maximum atomic E-state index is 12.4. The molecular weight excluding hydrogens is 312 g/mol. The van der Waals surface area contributed by atoms with Crippen molar-refractivity contribution < 1.29 is 14.3 Å². The average molecular weight is 338 g/mol. The van der Waals surface area contributed by atoms with Crippen LogP contribution in [0.15, 0.2) is 16.8 Å². The number of carbonyl (C=O) groups excluding carboxylic acids is 2. The van der Waals surface area contributed by atoms with Gasteiger partial charge in [0.2, 0.25) is 5.91 Å². The zero-order valence-electron chi connectivity index (χ0n) is 14.4. The molecule has 1 saturated heterocycles. The predicted molar refractivity (Wildman–Crippen MR) is 91.6 cm³/mol. The largest absolute Gasteiger partial charge is 0.444 e. The molecule has 0 aliphatic carbocycles. The van der Waals surface area contributed by atoms with Crippen LogP contribution in [0.25, 0.3) is 0 Å². The molecule has 23 heavy (non-hydrogen) atoms. The van der Waals surface area contributed by atoms with Crippen LogP contribution in [-0.2, 0) is 16.0 Å². The van der Waals surface area contributed by atoms with Gasteiger partial charge in [0.05, 0.1) is 6.42 Å². The molecule has 2 heterocycles. The summed E-state index contributed by atoms with van der Waals surface area (Å²) in [5.41, 5.74) is 0.552. The van der Waals surface area contributed by atoms with E-state index in [4.69, 9.17) is 4.74 Å². The summed E-state index contributed by atoms with van der Waals surface area (Å²) >= 11 is 1.60. The fourth-order valence-corrected chi connectivity index (χ4v) is 3.33. The van der Waals surface area contributed by atoms with Crippen molar-refractivity contribution in [3.8, 4) is 0 Å². The Morgan fingerprint density at radius 2 is 2.17 bits per heavy atom. The van der Waals surface area contributed by atoms with E-state index >= 15 is 0 Å². The topological polar surface area (TPSA) is 49.9 Å². The van der Waals surface area contributed by atoms with E-state index < -0.39 is 5.60 Å². The number of hydrogen-bond donors (Lipinski definition) is 0. The third kappa shape index (κ3) is 5.23. The molecule has 0 unspecified atom stereocenters. The first kappa shape index (κ1) is 17.8. The van der Waals surface area contributed by atoms with E-state index in [1.54, 1.807) is 21.1 Å². The Morgan fingerprint density at radius 1 is 1.43 bits per heavy atom. The molecular formula is C17H26N2O3S. The van der Waals surface area contributed by atoms with E-state index in [9.17, 15) is 9.59 Å². The van der Waals surface area contributed by atoms with E-state index in [2.05, 4.69) is 0 Å². The molecule has 0 N–H and O–H groups in total. The molecule has 5 nitrogen and oxygen atoms in total. The molecule has 0 aromatic carbocycles. The lowest BCUT2D eigenvalue weighted by molar-refractivity contribution is -0.132. The van der Waals surface area contributed by atoms with Gasteiger partial charge in [-0.3, -0.25) is 4.79 Å². The second-order valence-corrected chi connectivity index (χ2v) is 7.82. The first-order valence-electron chi connectivity index (χ1n) is 8.01. The summed E-state index contributed by atoms with van der Waals surface area (Å²) < 4.78 is 5.44. The predicted octanol–water partition coefficient (Wildman–Crippen LogP) is 3.15. The summed E-state index contributed by atoms with van der Waals surface area (Å²) in [4.78, 5) is 28.1. The number of rotatable bonds is 3. The lowest BCUT2D eigenvalue weighted by Crippen LogP contribution is -2.51. The van der Waals surface area contributed by atoms with Gasteiger partial charge in [-0.05, 0) is 56.0 Å². The van der Waals surface area contributed by atoms with Gasteiger partial charge in [0.25, 0.3) is 0 Å². The van der Waals surface area contributed by atoms with Gasteiger partial charge in [0.1, 0.15) is 5.60 Å². The highest BCUT2D eigenvalue weighted by Crippen LogP contribution is 2.19. The molecule has 1 aliphatic rings. The van der Waals surface area contributed by atoms with Crippen molar-refractivity contribution in [2.45, 2.75) is 51.7 Å². The second-order valence-electron chi connectivity index (χ2n) is 7.04. The number of ether oxygens (including phenoxy) is 1. The summed E-state index contributed by atoms with van der Waals surface area (Å²) in [7, 11) is 1.83. The van der Waals surface area contributed by atoms with Crippen molar-refractivity contribution in [3.63, 3.8) is 0 Å². The van der Waals surface area contributed by atoms with Crippen LogP contribution in [0, 0.1) is 0 Å². The van der Waals surface area contributed by atoms with Gasteiger partial charge in [0.15, 0.2) is 0 Å². The van der Waals surface area contributed by atoms with Crippen molar-refractivity contribution >= 4 is 23.3 Å². The molecule has 2 rings (SSSR count). The number of amides is 2. The normalized spacial score (nSPS) is 18.6. The third-order valence-electron chi connectivity index (χ3n) is 3.92. The minimum absolute atomic E-state index is 0.0578. The molecule has 0 saturated carbocycles. The monoisotopic (exact) mass is 338 g/mol. The lowest BCUT2D eigenvalue weighted by atomic mass is 10.0. The quantitative estimate of drug-likeness (QED) is 0.851. The zero-order chi connectivity index (χ0) is 17.0. The first-order chi connectivity index (χ1) is 10.8. The molecule has 0 spiro atoms. The summed E-state index contributed by atoms with van der Waals surface area (Å²) in [6.45, 7) is 6.83. The number of hydrogen-bond acceptors (Lipinski definition) is 4. The van der Waals surface area contributed by atoms with Gasteiger partial charge in [-0.15, -0.1) is 0 Å². The van der Waals surface area contributed by atoms with Gasteiger partial charge in [-0.1, -0.05) is 0 Å². The summed E-state index contributed by atoms with van der Waals surface area (Å²) in [6, 6.07) is 2.03. The van der Waals surface area contributed by atoms with Crippen molar-refractivity contribution in [1.82, 2.24) is 9.80 Å². The number of likely N-dealkylation sites (N-methyl/N-ethyl adjacent to an activating group) is 1. The van der Waals surface area contributed by atoms with Crippen LogP contribution in [0.1, 0.15) is 39.2 Å². The maximum absolute atomic E-state index is 12.4. The minimum Gasteiger partial charge on any atom is -0.444 e. The Hall–Kier alpha value is -1.56. The molecule has 1 aromatic heterocycles. The SMILES string of the molecule is CN(C(=O)Cc1ccsc1)[C@H]1CCCN(C(=O)OC(C)(C)C)C1. The molecule has 6 heteroatoms. The molecule has 1 aliphatic heterocycles. The molecule has 1 aromatic rings. The van der Waals surface area contributed by atoms with E-state index in [-0.39, 0.29) is 18.0 Å². The van der Waals surface area contributed by atoms with E-state index in [0.29, 0.717) is 19.5 Å². The van der Waals surface area contributed by atoms with Crippen LogP contribution >= 0.6 is 11.3 Å². The van der Waals surface area contributed by atoms with Gasteiger partial charge in [0, 0.05) is 26.2 Å². The molecule has 1 fully saturated rings. The van der Waals surface area contributed by atoms with E-state index in [0.717, 1.165) is 18.4 Å². The maximum Gasteiger partial charge on any atom is 0.410 e. The Labute approximate surface area is 142 Å². The van der Waals surface area contributed by atoms with Gasteiger partial charge in [-0.25, -0.2) is 4.79 Å². The lowest BCUT2D eigenvalue weighted by Gasteiger charge is -2.38. The Bertz CT molecular complexity index is 537. The van der Waals surface area contributed by atoms with E-state index in [1.165, 1.54) is 0 Å². The van der Waals surface area contributed by atoms with Crippen LogP contribution in [0.2, 0.25) is 0 Å². The summed E-state index contributed by atoms with van der Waals surface area (Å²) in [5, 5.41) is 3.98. The summed E-state index contributed by atoms with van der Waals surface area (Å²) in [6.07, 6.45) is 1.94. The minimum atomic E-state index is -0.495. The number of nitrogens with zero attached hydrogens (tertiary/aromatic N) is 2. The van der Waals surface area contributed by atoms with Crippen molar-refractivity contribution in [2.75, 3.05) is 20.1 Å². The molecule has 1 atom stereocenters. The average Bonchev–Trinajstić information content (AvgIpc) is 2.97. The zero-order valence-corrected chi connectivity index (χ0v) is 15.2. The van der Waals surface area contributed by atoms with Crippen LogP contribution in [0.3, 0.4) is 0 Å². The van der Waals surface area contributed by atoms with E-state index in [1.807, 2.05) is 44.6 Å². The molecule has 128 valence electrons. The van der Waals surface area contributed by atoms with Crippen LogP contribution < -0.4 is 0 Å². The molecule has 0 bridgehead atoms. The number of thiophene rings is 1. The second kappa shape index (κ2) is 7.34. The van der Waals surface area contributed by atoms with Gasteiger partial charge < -0.3 is 14.5 Å². The summed E-state index contributed by atoms with van der Waals surface area (Å²) in [5.74, 6) is 0.0967. The third-order valence-corrected chi connectivity index (χ3v) is 4.66. The number of carbonyl (C=O) groups is 2. The highest BCUT2D eigenvalue weighted by molar-refractivity contribution is 7.07. The fourth-order valence-electron chi connectivity index (χ4n) is 2.66. The Balaban J connectivity index is 1.92. The van der Waals surface area contributed by atoms with Gasteiger partial charge >= 0.3 is 6.09 Å². The Kier molecular flexibility index (Phi) is 5.68. The Morgan fingerprint density at radius 3 is 2.78 bits per heavy atom. The van der Waals surface area contributed by atoms with Crippen molar-refractivity contribution in [1.29, 1.82) is 0 Å². The smallest absolute Gasteiger partial charge is 0.410 e. The van der Waals surface area contributed by atoms with Gasteiger partial charge in [-0.2, -0.15) is 11.3 Å². The van der Waals surface area contributed by atoms with Crippen molar-refractivity contribution in [3.05, 3.63) is 22.4 Å². The van der Waals surface area contributed by atoms with Crippen LogP contribution in [0.5, 0.6) is 0 Å². The van der Waals surface area contributed by atoms with Crippen LogP contribution in [0.4, 0.5) is 4.79 Å². The first-order valence-corrected chi connectivity index (χ1v) is 8.95. The number of piperidine rings is 1. The van der Waals surface area contributed by atoms with Crippen molar-refractivity contribution in [2.24, 2.45) is 0 Å². The molecule has 2 amide bonds. The van der Waals surface area contributed by atoms with Crippen LogP contribution in [-0.4, -0.2) is 53.6 Å². The highest BCUT2D eigenvalue weighted by atomic mass is 32.1. The standard InChI is InChI=1S/C17H26N2O3S/c1-17(2,3)22-16(21)19-8-5-6-14(11-19)18(4)15(20)10-13-7-9-23-12-13/h7,9,12,14H,5-6,8,10-11H2,1-4H3/t14-/m0/s1. The number of likely N-dealkylation sites (tertiary alicyclic amines) is 1. The fraction of sp³-hybridized carbons (Fsp3) is 0.647. The molecule has 0 radical (unpaired) electrons.